The Bertz CT molecular complexity index is 458. The van der Waals surface area contributed by atoms with Crippen molar-refractivity contribution in [2.45, 2.75) is 46.2 Å². The zero-order valence-corrected chi connectivity index (χ0v) is 14.9. The fraction of sp³-hybridized carbons (Fsp3) is 0.611. The van der Waals surface area contributed by atoms with Gasteiger partial charge in [-0.05, 0) is 39.8 Å². The maximum absolute atomic E-state index is 12.2. The Labute approximate surface area is 135 Å². The summed E-state index contributed by atoms with van der Waals surface area (Å²) < 4.78 is 0. The van der Waals surface area contributed by atoms with Gasteiger partial charge in [0.05, 0.1) is 6.04 Å². The molecular formula is C18H31N3O. The number of benzene rings is 1. The molecule has 0 unspecified atom stereocenters. The van der Waals surface area contributed by atoms with Gasteiger partial charge in [0.15, 0.2) is 0 Å². The van der Waals surface area contributed by atoms with Crippen LogP contribution in [0.2, 0.25) is 0 Å². The monoisotopic (exact) mass is 305 g/mol. The summed E-state index contributed by atoms with van der Waals surface area (Å²) in [5, 5.41) is 3.00. The topological polar surface area (TPSA) is 35.6 Å². The predicted molar refractivity (Wildman–Crippen MR) is 93.1 cm³/mol. The quantitative estimate of drug-likeness (QED) is 0.837. The standard InChI is InChI=1S/C18H31N3O/c1-7-15(3)20(5)13-12-19-18(22)21(6)16(4)17-10-8-14(2)9-11-17/h8-11,15-16H,7,12-13H2,1-6H3,(H,19,22)/t15-,16+/m1/s1. The van der Waals surface area contributed by atoms with E-state index in [2.05, 4.69) is 69.2 Å². The highest BCUT2D eigenvalue weighted by Gasteiger charge is 2.17. The largest absolute Gasteiger partial charge is 0.337 e. The molecule has 2 amide bonds. The Morgan fingerprint density at radius 3 is 2.32 bits per heavy atom. The predicted octanol–water partition coefficient (Wildman–Crippen LogP) is 3.43. The third-order valence-corrected chi connectivity index (χ3v) is 4.55. The van der Waals surface area contributed by atoms with E-state index in [9.17, 15) is 4.79 Å². The van der Waals surface area contributed by atoms with Crippen LogP contribution in [0, 0.1) is 6.92 Å². The summed E-state index contributed by atoms with van der Waals surface area (Å²) in [5.41, 5.74) is 2.39. The number of hydrogen-bond donors (Lipinski definition) is 1. The van der Waals surface area contributed by atoms with Gasteiger partial charge in [-0.15, -0.1) is 0 Å². The van der Waals surface area contributed by atoms with Gasteiger partial charge in [0.2, 0.25) is 0 Å². The van der Waals surface area contributed by atoms with Crippen molar-refractivity contribution in [3.05, 3.63) is 35.4 Å². The van der Waals surface area contributed by atoms with Crippen LogP contribution in [0.15, 0.2) is 24.3 Å². The molecule has 1 rings (SSSR count). The Morgan fingerprint density at radius 2 is 1.77 bits per heavy atom. The van der Waals surface area contributed by atoms with E-state index in [0.29, 0.717) is 12.6 Å². The van der Waals surface area contributed by atoms with Crippen molar-refractivity contribution >= 4 is 6.03 Å². The second-order valence-corrected chi connectivity index (χ2v) is 6.17. The molecule has 0 spiro atoms. The van der Waals surface area contributed by atoms with Crippen molar-refractivity contribution in [2.75, 3.05) is 27.2 Å². The van der Waals surface area contributed by atoms with E-state index >= 15 is 0 Å². The third kappa shape index (κ3) is 5.34. The molecule has 0 heterocycles. The minimum atomic E-state index is -0.0226. The fourth-order valence-electron chi connectivity index (χ4n) is 2.24. The van der Waals surface area contributed by atoms with Gasteiger partial charge in [0.25, 0.3) is 0 Å². The molecule has 0 saturated carbocycles. The first kappa shape index (κ1) is 18.5. The molecule has 124 valence electrons. The summed E-state index contributed by atoms with van der Waals surface area (Å²) in [6, 6.07) is 8.91. The molecule has 0 aliphatic carbocycles. The first-order chi connectivity index (χ1) is 10.4. The second-order valence-electron chi connectivity index (χ2n) is 6.17. The SMILES string of the molecule is CC[C@@H](C)N(C)CCNC(=O)N(C)[C@@H](C)c1ccc(C)cc1. The molecule has 0 fully saturated rings. The van der Waals surface area contributed by atoms with Crippen LogP contribution in [-0.2, 0) is 0 Å². The van der Waals surface area contributed by atoms with Crippen molar-refractivity contribution in [1.29, 1.82) is 0 Å². The summed E-state index contributed by atoms with van der Waals surface area (Å²) in [6.45, 7) is 10.0. The van der Waals surface area contributed by atoms with Crippen LogP contribution in [0.3, 0.4) is 0 Å². The Hall–Kier alpha value is -1.55. The molecule has 4 nitrogen and oxygen atoms in total. The normalized spacial score (nSPS) is 13.8. The lowest BCUT2D eigenvalue weighted by Crippen LogP contribution is -2.42. The first-order valence-electron chi connectivity index (χ1n) is 8.14. The molecule has 4 heteroatoms. The molecule has 0 radical (unpaired) electrons. The highest BCUT2D eigenvalue weighted by molar-refractivity contribution is 5.74. The minimum Gasteiger partial charge on any atom is -0.337 e. The first-order valence-corrected chi connectivity index (χ1v) is 8.14. The van der Waals surface area contributed by atoms with E-state index < -0.39 is 0 Å². The molecule has 0 bridgehead atoms. The summed E-state index contributed by atoms with van der Waals surface area (Å²) >= 11 is 0. The van der Waals surface area contributed by atoms with Gasteiger partial charge >= 0.3 is 6.03 Å². The maximum Gasteiger partial charge on any atom is 0.317 e. The highest BCUT2D eigenvalue weighted by atomic mass is 16.2. The van der Waals surface area contributed by atoms with Crippen molar-refractivity contribution < 1.29 is 4.79 Å². The highest BCUT2D eigenvalue weighted by Crippen LogP contribution is 2.18. The number of rotatable bonds is 7. The van der Waals surface area contributed by atoms with E-state index in [1.54, 1.807) is 4.90 Å². The smallest absolute Gasteiger partial charge is 0.317 e. The summed E-state index contributed by atoms with van der Waals surface area (Å²) in [5.74, 6) is 0. The molecule has 22 heavy (non-hydrogen) atoms. The molecule has 0 aliphatic rings. The van der Waals surface area contributed by atoms with Crippen LogP contribution in [-0.4, -0.2) is 49.1 Å². The van der Waals surface area contributed by atoms with Gasteiger partial charge in [-0.1, -0.05) is 36.8 Å². The van der Waals surface area contributed by atoms with Gasteiger partial charge < -0.3 is 15.1 Å². The van der Waals surface area contributed by atoms with E-state index in [0.717, 1.165) is 18.5 Å². The molecule has 0 saturated heterocycles. The number of nitrogens with zero attached hydrogens (tertiary/aromatic N) is 2. The summed E-state index contributed by atoms with van der Waals surface area (Å²) in [7, 11) is 3.94. The maximum atomic E-state index is 12.2. The van der Waals surface area contributed by atoms with E-state index in [-0.39, 0.29) is 12.1 Å². The van der Waals surface area contributed by atoms with Crippen molar-refractivity contribution in [2.24, 2.45) is 0 Å². The molecule has 2 atom stereocenters. The average molecular weight is 305 g/mol. The average Bonchev–Trinajstić information content (AvgIpc) is 2.53. The van der Waals surface area contributed by atoms with Crippen LogP contribution >= 0.6 is 0 Å². The van der Waals surface area contributed by atoms with Crippen molar-refractivity contribution in [1.82, 2.24) is 15.1 Å². The van der Waals surface area contributed by atoms with Gasteiger partial charge in [0.1, 0.15) is 0 Å². The number of carbonyl (C=O) groups is 1. The number of nitrogens with one attached hydrogen (secondary N) is 1. The molecule has 0 aliphatic heterocycles. The lowest BCUT2D eigenvalue weighted by molar-refractivity contribution is 0.190. The zero-order chi connectivity index (χ0) is 16.7. The number of aryl methyl sites for hydroxylation is 1. The summed E-state index contributed by atoms with van der Waals surface area (Å²) in [6.07, 6.45) is 1.12. The molecular weight excluding hydrogens is 274 g/mol. The second kappa shape index (κ2) is 8.79. The third-order valence-electron chi connectivity index (χ3n) is 4.55. The van der Waals surface area contributed by atoms with Crippen LogP contribution in [0.25, 0.3) is 0 Å². The van der Waals surface area contributed by atoms with Crippen LogP contribution < -0.4 is 5.32 Å². The molecule has 1 aromatic carbocycles. The number of hydrogen-bond acceptors (Lipinski definition) is 2. The van der Waals surface area contributed by atoms with Gasteiger partial charge in [-0.2, -0.15) is 0 Å². The lowest BCUT2D eigenvalue weighted by atomic mass is 10.1. The summed E-state index contributed by atoms with van der Waals surface area (Å²) in [4.78, 5) is 16.3. The van der Waals surface area contributed by atoms with Crippen LogP contribution in [0.4, 0.5) is 4.79 Å². The Balaban J connectivity index is 2.46. The minimum absolute atomic E-state index is 0.0226. The molecule has 1 N–H and O–H groups in total. The fourth-order valence-corrected chi connectivity index (χ4v) is 2.24. The van der Waals surface area contributed by atoms with E-state index in [4.69, 9.17) is 0 Å². The Morgan fingerprint density at radius 1 is 1.18 bits per heavy atom. The van der Waals surface area contributed by atoms with Crippen molar-refractivity contribution in [3.8, 4) is 0 Å². The zero-order valence-electron chi connectivity index (χ0n) is 14.9. The van der Waals surface area contributed by atoms with E-state index in [1.807, 2.05) is 7.05 Å². The van der Waals surface area contributed by atoms with Crippen LogP contribution in [0.5, 0.6) is 0 Å². The molecule has 0 aromatic heterocycles. The number of likely N-dealkylation sites (N-methyl/N-ethyl adjacent to an activating group) is 1. The molecule has 1 aromatic rings. The van der Waals surface area contributed by atoms with Crippen LogP contribution in [0.1, 0.15) is 44.4 Å². The van der Waals surface area contributed by atoms with Gasteiger partial charge in [0, 0.05) is 26.2 Å². The Kier molecular flexibility index (Phi) is 7.39. The van der Waals surface area contributed by atoms with Gasteiger partial charge in [-0.25, -0.2) is 4.79 Å². The van der Waals surface area contributed by atoms with E-state index in [1.165, 1.54) is 5.56 Å². The lowest BCUT2D eigenvalue weighted by Gasteiger charge is -2.27. The number of amides is 2. The van der Waals surface area contributed by atoms with Crippen molar-refractivity contribution in [3.63, 3.8) is 0 Å². The number of urea groups is 1. The van der Waals surface area contributed by atoms with Gasteiger partial charge in [-0.3, -0.25) is 0 Å². The number of carbonyl (C=O) groups excluding carboxylic acids is 1.